The van der Waals surface area contributed by atoms with Crippen LogP contribution in [-0.2, 0) is 14.3 Å². The molecule has 1 N–H and O–H groups in total. The number of allylic oxidation sites excluding steroid dienone is 4. The third kappa shape index (κ3) is 8.48. The number of carbonyl (C=O) groups excluding carboxylic acids is 2. The summed E-state index contributed by atoms with van der Waals surface area (Å²) in [7, 11) is 1.27. The lowest BCUT2D eigenvalue weighted by Gasteiger charge is -2.16. The molecule has 0 aliphatic heterocycles. The van der Waals surface area contributed by atoms with E-state index in [1.54, 1.807) is 0 Å². The zero-order chi connectivity index (χ0) is 18.5. The molecule has 1 saturated carbocycles. The minimum absolute atomic E-state index is 0.154. The lowest BCUT2D eigenvalue weighted by atomic mass is 9.88. The van der Waals surface area contributed by atoms with Crippen LogP contribution in [0.1, 0.15) is 71.1 Å². The molecule has 4 heteroatoms. The van der Waals surface area contributed by atoms with Crippen molar-refractivity contribution in [2.45, 2.75) is 77.2 Å². The molecule has 0 spiro atoms. The molecular formula is C21H34O4. The topological polar surface area (TPSA) is 63.6 Å². The number of ketones is 1. The van der Waals surface area contributed by atoms with Gasteiger partial charge in [-0.05, 0) is 57.3 Å². The highest BCUT2D eigenvalue weighted by atomic mass is 16.5. The Labute approximate surface area is 152 Å². The average molecular weight is 350 g/mol. The van der Waals surface area contributed by atoms with Gasteiger partial charge in [-0.25, -0.2) is 4.79 Å². The first kappa shape index (κ1) is 21.6. The molecule has 1 fully saturated rings. The van der Waals surface area contributed by atoms with Gasteiger partial charge in [0.15, 0.2) is 6.10 Å². The molecular weight excluding hydrogens is 316 g/mol. The monoisotopic (exact) mass is 350 g/mol. The molecule has 0 aromatic carbocycles. The predicted octanol–water partition coefficient (Wildman–Crippen LogP) is 4.37. The molecule has 0 amide bonds. The van der Waals surface area contributed by atoms with Gasteiger partial charge in [0.25, 0.3) is 0 Å². The van der Waals surface area contributed by atoms with Gasteiger partial charge in [-0.15, -0.1) is 0 Å². The van der Waals surface area contributed by atoms with Gasteiger partial charge in [0.1, 0.15) is 5.78 Å². The van der Waals surface area contributed by atoms with Crippen molar-refractivity contribution in [1.82, 2.24) is 0 Å². The molecule has 1 unspecified atom stereocenters. The van der Waals surface area contributed by atoms with Crippen molar-refractivity contribution >= 4 is 11.8 Å². The first-order valence-corrected chi connectivity index (χ1v) is 9.68. The van der Waals surface area contributed by atoms with Crippen molar-refractivity contribution in [2.24, 2.45) is 11.8 Å². The molecule has 4 nitrogen and oxygen atoms in total. The summed E-state index contributed by atoms with van der Waals surface area (Å²) >= 11 is 0. The van der Waals surface area contributed by atoms with E-state index < -0.39 is 12.1 Å². The Hall–Kier alpha value is -1.42. The summed E-state index contributed by atoms with van der Waals surface area (Å²) in [5.41, 5.74) is 0. The van der Waals surface area contributed by atoms with Crippen LogP contribution in [0.25, 0.3) is 0 Å². The standard InChI is InChI=1S/C21H34O4/c1-3-4-5-6-7-9-12-17-15-16-19(22)18(17)13-10-8-11-14-20(23)21(24)25-2/h5-6,8,10,17-18,20,23H,3-4,7,9,11-16H2,1-2H3/t17-,18+,20?/m0/s1. The maximum Gasteiger partial charge on any atom is 0.334 e. The van der Waals surface area contributed by atoms with Crippen molar-refractivity contribution < 1.29 is 19.4 Å². The van der Waals surface area contributed by atoms with Crippen molar-refractivity contribution in [3.05, 3.63) is 24.3 Å². The summed E-state index contributed by atoms with van der Waals surface area (Å²) in [5.74, 6) is 0.469. The highest BCUT2D eigenvalue weighted by molar-refractivity contribution is 5.83. The Balaban J connectivity index is 2.28. The molecule has 0 radical (unpaired) electrons. The number of esters is 1. The highest BCUT2D eigenvalue weighted by Crippen LogP contribution is 2.35. The number of hydrogen-bond acceptors (Lipinski definition) is 4. The first-order chi connectivity index (χ1) is 12.1. The summed E-state index contributed by atoms with van der Waals surface area (Å²) in [6.45, 7) is 2.18. The van der Waals surface area contributed by atoms with Crippen molar-refractivity contribution in [3.63, 3.8) is 0 Å². The van der Waals surface area contributed by atoms with Crippen LogP contribution in [0.2, 0.25) is 0 Å². The highest BCUT2D eigenvalue weighted by Gasteiger charge is 2.32. The maximum atomic E-state index is 12.1. The van der Waals surface area contributed by atoms with Gasteiger partial charge in [0.2, 0.25) is 0 Å². The van der Waals surface area contributed by atoms with E-state index in [9.17, 15) is 14.7 Å². The number of aliphatic hydroxyl groups excluding tert-OH is 1. The van der Waals surface area contributed by atoms with E-state index in [1.165, 1.54) is 13.5 Å². The van der Waals surface area contributed by atoms with Gasteiger partial charge in [-0.1, -0.05) is 37.6 Å². The van der Waals surface area contributed by atoms with Crippen LogP contribution in [-0.4, -0.2) is 30.1 Å². The third-order valence-corrected chi connectivity index (χ3v) is 4.95. The van der Waals surface area contributed by atoms with Crippen LogP contribution in [0.4, 0.5) is 0 Å². The van der Waals surface area contributed by atoms with Crippen molar-refractivity contribution in [3.8, 4) is 0 Å². The Morgan fingerprint density at radius 3 is 2.68 bits per heavy atom. The maximum absolute atomic E-state index is 12.1. The van der Waals surface area contributed by atoms with Crippen LogP contribution in [0.3, 0.4) is 0 Å². The fraction of sp³-hybridized carbons (Fsp3) is 0.714. The number of ether oxygens (including phenoxy) is 1. The Kier molecular flexibility index (Phi) is 11.1. The molecule has 0 heterocycles. The zero-order valence-corrected chi connectivity index (χ0v) is 15.8. The molecule has 0 aromatic heterocycles. The van der Waals surface area contributed by atoms with E-state index in [0.717, 1.165) is 44.9 Å². The number of rotatable bonds is 12. The van der Waals surface area contributed by atoms with E-state index in [-0.39, 0.29) is 5.92 Å². The third-order valence-electron chi connectivity index (χ3n) is 4.95. The summed E-state index contributed by atoms with van der Waals surface area (Å²) in [4.78, 5) is 23.2. The number of aliphatic hydroxyl groups is 1. The zero-order valence-electron chi connectivity index (χ0n) is 15.8. The summed E-state index contributed by atoms with van der Waals surface area (Å²) in [6, 6.07) is 0. The molecule has 25 heavy (non-hydrogen) atoms. The van der Waals surface area contributed by atoms with Gasteiger partial charge in [0, 0.05) is 12.3 Å². The van der Waals surface area contributed by atoms with Gasteiger partial charge < -0.3 is 9.84 Å². The molecule has 0 aromatic rings. The lowest BCUT2D eigenvalue weighted by Crippen LogP contribution is -2.21. The minimum Gasteiger partial charge on any atom is -0.467 e. The summed E-state index contributed by atoms with van der Waals surface area (Å²) in [6.07, 6.45) is 16.7. The molecule has 142 valence electrons. The van der Waals surface area contributed by atoms with Crippen LogP contribution >= 0.6 is 0 Å². The van der Waals surface area contributed by atoms with Crippen LogP contribution in [0.15, 0.2) is 24.3 Å². The molecule has 0 saturated heterocycles. The van der Waals surface area contributed by atoms with Crippen LogP contribution in [0, 0.1) is 11.8 Å². The Bertz CT molecular complexity index is 453. The Morgan fingerprint density at radius 2 is 1.96 bits per heavy atom. The fourth-order valence-electron chi connectivity index (χ4n) is 3.42. The summed E-state index contributed by atoms with van der Waals surface area (Å²) < 4.78 is 4.48. The minimum atomic E-state index is -1.06. The van der Waals surface area contributed by atoms with E-state index in [2.05, 4.69) is 23.8 Å². The second kappa shape index (κ2) is 12.9. The summed E-state index contributed by atoms with van der Waals surface area (Å²) in [5, 5.41) is 9.52. The smallest absolute Gasteiger partial charge is 0.334 e. The van der Waals surface area contributed by atoms with Crippen molar-refractivity contribution in [2.75, 3.05) is 7.11 Å². The van der Waals surface area contributed by atoms with Crippen LogP contribution < -0.4 is 0 Å². The largest absolute Gasteiger partial charge is 0.467 e. The normalized spacial score (nSPS) is 22.1. The van der Waals surface area contributed by atoms with E-state index in [1.807, 2.05) is 12.2 Å². The molecule has 1 aliphatic rings. The lowest BCUT2D eigenvalue weighted by molar-refractivity contribution is -0.150. The van der Waals surface area contributed by atoms with Gasteiger partial charge in [-0.3, -0.25) is 4.79 Å². The van der Waals surface area contributed by atoms with E-state index in [4.69, 9.17) is 0 Å². The predicted molar refractivity (Wildman–Crippen MR) is 100 cm³/mol. The Morgan fingerprint density at radius 1 is 1.24 bits per heavy atom. The second-order valence-electron chi connectivity index (χ2n) is 6.89. The number of hydrogen-bond donors (Lipinski definition) is 1. The quantitative estimate of drug-likeness (QED) is 0.322. The molecule has 1 aliphatic carbocycles. The fourth-order valence-corrected chi connectivity index (χ4v) is 3.42. The van der Waals surface area contributed by atoms with Gasteiger partial charge >= 0.3 is 5.97 Å². The van der Waals surface area contributed by atoms with Crippen LogP contribution in [0.5, 0.6) is 0 Å². The molecule has 3 atom stereocenters. The SMILES string of the molecule is CCCC=CCCC[C@H]1CCC(=O)[C@@H]1CC=CCCC(O)C(=O)OC. The number of Topliss-reactive ketones (excluding diaryl/α,β-unsaturated/α-hetero) is 1. The number of carbonyl (C=O) groups is 2. The van der Waals surface area contributed by atoms with Crippen molar-refractivity contribution in [1.29, 1.82) is 0 Å². The second-order valence-corrected chi connectivity index (χ2v) is 6.89. The van der Waals surface area contributed by atoms with E-state index in [0.29, 0.717) is 24.5 Å². The average Bonchev–Trinajstić information content (AvgIpc) is 2.96. The molecule has 1 rings (SSSR count). The first-order valence-electron chi connectivity index (χ1n) is 9.68. The number of unbranched alkanes of at least 4 members (excludes halogenated alkanes) is 2. The van der Waals surface area contributed by atoms with Gasteiger partial charge in [-0.2, -0.15) is 0 Å². The van der Waals surface area contributed by atoms with Gasteiger partial charge in [0.05, 0.1) is 7.11 Å². The number of methoxy groups -OCH3 is 1. The van der Waals surface area contributed by atoms with E-state index >= 15 is 0 Å². The molecule has 0 bridgehead atoms.